The van der Waals surface area contributed by atoms with Crippen molar-refractivity contribution < 1.29 is 14.0 Å². The standard InChI is InChI=1S/C16H19FN4O2S.2ClH/c1-10(18-2)8-19-14(22)7-11-9-24-16(20-11)21-15(23)12-5-3-4-6-13(12)17;;/h3-6,9-10,18H,7-8H2,1-2H3,(H,19,22)(H,20,21,23);2*1H. The molecular weight excluding hydrogens is 402 g/mol. The van der Waals surface area contributed by atoms with Crippen molar-refractivity contribution in [2.45, 2.75) is 19.4 Å². The molecule has 0 bridgehead atoms. The van der Waals surface area contributed by atoms with Gasteiger partial charge in [0.1, 0.15) is 5.82 Å². The number of nitrogens with zero attached hydrogens (tertiary/aromatic N) is 1. The Morgan fingerprint density at radius 3 is 2.62 bits per heavy atom. The third kappa shape index (κ3) is 7.25. The van der Waals surface area contributed by atoms with E-state index in [0.29, 0.717) is 17.4 Å². The van der Waals surface area contributed by atoms with E-state index in [0.717, 1.165) is 0 Å². The Morgan fingerprint density at radius 2 is 1.96 bits per heavy atom. The summed E-state index contributed by atoms with van der Waals surface area (Å²) < 4.78 is 13.6. The minimum atomic E-state index is -0.593. The third-order valence-electron chi connectivity index (χ3n) is 3.33. The first kappa shape index (κ1) is 24.3. The highest BCUT2D eigenvalue weighted by Gasteiger charge is 2.14. The zero-order valence-electron chi connectivity index (χ0n) is 14.2. The molecule has 0 fully saturated rings. The maximum absolute atomic E-state index is 13.6. The summed E-state index contributed by atoms with van der Waals surface area (Å²) in [6.07, 6.45) is 0.127. The van der Waals surface area contributed by atoms with Gasteiger partial charge in [0.05, 0.1) is 17.7 Å². The summed E-state index contributed by atoms with van der Waals surface area (Å²) >= 11 is 1.19. The molecule has 1 aromatic heterocycles. The van der Waals surface area contributed by atoms with Gasteiger partial charge in [-0.15, -0.1) is 36.2 Å². The number of halogens is 3. The maximum atomic E-state index is 13.6. The van der Waals surface area contributed by atoms with Gasteiger partial charge < -0.3 is 10.6 Å². The minimum absolute atomic E-state index is 0. The number of hydrogen-bond donors (Lipinski definition) is 3. The molecule has 6 nitrogen and oxygen atoms in total. The second-order valence-corrected chi connectivity index (χ2v) is 6.11. The van der Waals surface area contributed by atoms with Crippen LogP contribution in [0.15, 0.2) is 29.6 Å². The lowest BCUT2D eigenvalue weighted by molar-refractivity contribution is -0.120. The molecule has 0 radical (unpaired) electrons. The number of amides is 2. The third-order valence-corrected chi connectivity index (χ3v) is 4.14. The maximum Gasteiger partial charge on any atom is 0.260 e. The highest BCUT2D eigenvalue weighted by molar-refractivity contribution is 7.14. The van der Waals surface area contributed by atoms with Crippen LogP contribution in [0.4, 0.5) is 9.52 Å². The summed E-state index contributed by atoms with van der Waals surface area (Å²) in [7, 11) is 1.82. The zero-order valence-corrected chi connectivity index (χ0v) is 16.7. The largest absolute Gasteiger partial charge is 0.354 e. The number of hydrogen-bond acceptors (Lipinski definition) is 5. The van der Waals surface area contributed by atoms with E-state index in [1.54, 1.807) is 11.4 Å². The molecule has 144 valence electrons. The summed E-state index contributed by atoms with van der Waals surface area (Å²) in [4.78, 5) is 28.0. The molecule has 1 unspecified atom stereocenters. The van der Waals surface area contributed by atoms with Crippen molar-refractivity contribution in [2.24, 2.45) is 0 Å². The number of thiazole rings is 1. The molecule has 26 heavy (non-hydrogen) atoms. The molecule has 0 aliphatic heterocycles. The molecule has 0 saturated heterocycles. The monoisotopic (exact) mass is 422 g/mol. The Labute approximate surface area is 167 Å². The number of rotatable bonds is 7. The zero-order chi connectivity index (χ0) is 17.5. The minimum Gasteiger partial charge on any atom is -0.354 e. The van der Waals surface area contributed by atoms with Crippen LogP contribution in [0.1, 0.15) is 23.0 Å². The SMILES string of the molecule is CNC(C)CNC(=O)Cc1csc(NC(=O)c2ccccc2F)n1.Cl.Cl. The lowest BCUT2D eigenvalue weighted by Gasteiger charge is -2.10. The molecule has 10 heteroatoms. The predicted molar refractivity (Wildman–Crippen MR) is 106 cm³/mol. The van der Waals surface area contributed by atoms with E-state index < -0.39 is 11.7 Å². The van der Waals surface area contributed by atoms with Gasteiger partial charge in [0, 0.05) is 18.0 Å². The topological polar surface area (TPSA) is 83.1 Å². The lowest BCUT2D eigenvalue weighted by atomic mass is 10.2. The number of likely N-dealkylation sites (N-methyl/N-ethyl adjacent to an activating group) is 1. The van der Waals surface area contributed by atoms with Crippen molar-refractivity contribution in [1.29, 1.82) is 0 Å². The second-order valence-electron chi connectivity index (χ2n) is 5.25. The molecule has 0 spiro atoms. The van der Waals surface area contributed by atoms with Crippen molar-refractivity contribution in [3.05, 3.63) is 46.7 Å². The molecular formula is C16H21Cl2FN4O2S. The smallest absolute Gasteiger partial charge is 0.260 e. The number of nitrogens with one attached hydrogen (secondary N) is 3. The van der Waals surface area contributed by atoms with Gasteiger partial charge in [-0.05, 0) is 26.1 Å². The fourth-order valence-corrected chi connectivity index (χ4v) is 2.56. The first-order valence-corrected chi connectivity index (χ1v) is 8.31. The number of aromatic nitrogens is 1. The van der Waals surface area contributed by atoms with Gasteiger partial charge in [0.15, 0.2) is 5.13 Å². The van der Waals surface area contributed by atoms with Crippen molar-refractivity contribution in [3.8, 4) is 0 Å². The van der Waals surface area contributed by atoms with E-state index >= 15 is 0 Å². The average Bonchev–Trinajstić information content (AvgIpc) is 2.99. The van der Waals surface area contributed by atoms with E-state index in [1.165, 1.54) is 29.5 Å². The summed E-state index contributed by atoms with van der Waals surface area (Å²) in [5, 5.41) is 10.4. The Morgan fingerprint density at radius 1 is 1.27 bits per heavy atom. The van der Waals surface area contributed by atoms with Crippen LogP contribution in [0.2, 0.25) is 0 Å². The van der Waals surface area contributed by atoms with Gasteiger partial charge in [0.25, 0.3) is 5.91 Å². The lowest BCUT2D eigenvalue weighted by Crippen LogP contribution is -2.37. The van der Waals surface area contributed by atoms with Crippen LogP contribution in [0.25, 0.3) is 0 Å². The Bertz CT molecular complexity index is 730. The van der Waals surface area contributed by atoms with E-state index in [4.69, 9.17) is 0 Å². The van der Waals surface area contributed by atoms with Gasteiger partial charge in [0.2, 0.25) is 5.91 Å². The molecule has 2 aromatic rings. The fourth-order valence-electron chi connectivity index (χ4n) is 1.85. The molecule has 0 aliphatic carbocycles. The predicted octanol–water partition coefficient (Wildman–Crippen LogP) is 2.64. The van der Waals surface area contributed by atoms with Crippen LogP contribution >= 0.6 is 36.2 Å². The first-order chi connectivity index (χ1) is 11.5. The molecule has 1 atom stereocenters. The number of carbonyl (C=O) groups is 2. The van der Waals surface area contributed by atoms with E-state index in [2.05, 4.69) is 20.9 Å². The quantitative estimate of drug-likeness (QED) is 0.640. The van der Waals surface area contributed by atoms with Crippen LogP contribution in [0.3, 0.4) is 0 Å². The molecule has 2 amide bonds. The molecule has 0 aliphatic rings. The summed E-state index contributed by atoms with van der Waals surface area (Å²) in [5.41, 5.74) is 0.506. The number of benzene rings is 1. The highest BCUT2D eigenvalue weighted by Crippen LogP contribution is 2.17. The average molecular weight is 423 g/mol. The van der Waals surface area contributed by atoms with Gasteiger partial charge in [-0.1, -0.05) is 12.1 Å². The molecule has 2 rings (SSSR count). The fraction of sp³-hybridized carbons (Fsp3) is 0.312. The first-order valence-electron chi connectivity index (χ1n) is 7.44. The molecule has 0 saturated carbocycles. The van der Waals surface area contributed by atoms with Gasteiger partial charge in [-0.3, -0.25) is 14.9 Å². The van der Waals surface area contributed by atoms with Crippen LogP contribution in [-0.4, -0.2) is 36.4 Å². The van der Waals surface area contributed by atoms with Crippen LogP contribution in [-0.2, 0) is 11.2 Å². The van der Waals surface area contributed by atoms with E-state index in [9.17, 15) is 14.0 Å². The van der Waals surface area contributed by atoms with Crippen molar-refractivity contribution in [3.63, 3.8) is 0 Å². The Hall–Kier alpha value is -1.74. The molecule has 1 aromatic carbocycles. The van der Waals surface area contributed by atoms with Crippen LogP contribution in [0, 0.1) is 5.82 Å². The van der Waals surface area contributed by atoms with E-state index in [1.807, 2.05) is 14.0 Å². The molecule has 1 heterocycles. The molecule has 3 N–H and O–H groups in total. The van der Waals surface area contributed by atoms with Gasteiger partial charge in [-0.25, -0.2) is 9.37 Å². The highest BCUT2D eigenvalue weighted by atomic mass is 35.5. The van der Waals surface area contributed by atoms with Gasteiger partial charge in [-0.2, -0.15) is 0 Å². The number of anilines is 1. The van der Waals surface area contributed by atoms with Crippen LogP contribution < -0.4 is 16.0 Å². The van der Waals surface area contributed by atoms with Crippen molar-refractivity contribution >= 4 is 53.1 Å². The second kappa shape index (κ2) is 11.8. The Kier molecular flexibility index (Phi) is 11.0. The summed E-state index contributed by atoms with van der Waals surface area (Å²) in [5.74, 6) is -1.31. The summed E-state index contributed by atoms with van der Waals surface area (Å²) in [6.45, 7) is 2.48. The van der Waals surface area contributed by atoms with Crippen LogP contribution in [0.5, 0.6) is 0 Å². The number of carbonyl (C=O) groups excluding carboxylic acids is 2. The van der Waals surface area contributed by atoms with E-state index in [-0.39, 0.29) is 48.7 Å². The van der Waals surface area contributed by atoms with Gasteiger partial charge >= 0.3 is 0 Å². The van der Waals surface area contributed by atoms with Crippen molar-refractivity contribution in [2.75, 3.05) is 18.9 Å². The normalized spacial score (nSPS) is 10.9. The summed E-state index contributed by atoms with van der Waals surface area (Å²) in [6, 6.07) is 5.90. The van der Waals surface area contributed by atoms with Crippen molar-refractivity contribution in [1.82, 2.24) is 15.6 Å². The Balaban J connectivity index is 0.00000312.